The van der Waals surface area contributed by atoms with Gasteiger partial charge in [0, 0.05) is 6.04 Å². The van der Waals surface area contributed by atoms with Gasteiger partial charge in [-0.15, -0.1) is 12.4 Å². The Morgan fingerprint density at radius 3 is 2.76 bits per heavy atom. The SMILES string of the molecule is C[C@@H](N)C(=O)N1CC(=O)NC2CCCCC21.Cl. The van der Waals surface area contributed by atoms with Crippen molar-refractivity contribution in [3.05, 3.63) is 0 Å². The van der Waals surface area contributed by atoms with Gasteiger partial charge >= 0.3 is 0 Å². The van der Waals surface area contributed by atoms with Gasteiger partial charge < -0.3 is 16.0 Å². The summed E-state index contributed by atoms with van der Waals surface area (Å²) in [7, 11) is 0. The number of amides is 2. The largest absolute Gasteiger partial charge is 0.350 e. The van der Waals surface area contributed by atoms with E-state index in [1.54, 1.807) is 11.8 Å². The maximum atomic E-state index is 11.9. The van der Waals surface area contributed by atoms with E-state index >= 15 is 0 Å². The second-order valence-electron chi connectivity index (χ2n) is 4.78. The minimum atomic E-state index is -0.520. The zero-order valence-corrected chi connectivity index (χ0v) is 10.8. The molecule has 1 aliphatic heterocycles. The van der Waals surface area contributed by atoms with Crippen molar-refractivity contribution in [2.75, 3.05) is 6.54 Å². The maximum Gasteiger partial charge on any atom is 0.239 e. The zero-order chi connectivity index (χ0) is 11.7. The lowest BCUT2D eigenvalue weighted by Gasteiger charge is -2.44. The van der Waals surface area contributed by atoms with Crippen LogP contribution in [0.5, 0.6) is 0 Å². The number of fused-ring (bicyclic) bond motifs is 1. The van der Waals surface area contributed by atoms with Gasteiger partial charge in [-0.25, -0.2) is 0 Å². The third-order valence-electron chi connectivity index (χ3n) is 3.46. The average Bonchev–Trinajstić information content (AvgIpc) is 2.26. The minimum Gasteiger partial charge on any atom is -0.350 e. The molecular weight excluding hydrogens is 242 g/mol. The molecule has 98 valence electrons. The van der Waals surface area contributed by atoms with Crippen molar-refractivity contribution >= 4 is 24.2 Å². The Balaban J connectivity index is 0.00000144. The summed E-state index contributed by atoms with van der Waals surface area (Å²) in [5.41, 5.74) is 5.61. The summed E-state index contributed by atoms with van der Waals surface area (Å²) >= 11 is 0. The van der Waals surface area contributed by atoms with Gasteiger partial charge in [0.05, 0.1) is 18.6 Å². The molecule has 5 nitrogen and oxygen atoms in total. The Labute approximate surface area is 108 Å². The second kappa shape index (κ2) is 5.69. The van der Waals surface area contributed by atoms with Crippen LogP contribution in [0.3, 0.4) is 0 Å². The first kappa shape index (κ1) is 14.3. The predicted molar refractivity (Wildman–Crippen MR) is 66.8 cm³/mol. The number of hydrogen-bond donors (Lipinski definition) is 2. The van der Waals surface area contributed by atoms with Crippen LogP contribution in [-0.4, -0.2) is 41.4 Å². The third kappa shape index (κ3) is 2.90. The number of nitrogens with zero attached hydrogens (tertiary/aromatic N) is 1. The van der Waals surface area contributed by atoms with Gasteiger partial charge in [-0.1, -0.05) is 12.8 Å². The molecule has 0 radical (unpaired) electrons. The number of halogens is 1. The molecule has 3 atom stereocenters. The fraction of sp³-hybridized carbons (Fsp3) is 0.818. The summed E-state index contributed by atoms with van der Waals surface area (Å²) in [6.45, 7) is 1.84. The van der Waals surface area contributed by atoms with Crippen LogP contribution in [0.2, 0.25) is 0 Å². The molecule has 2 fully saturated rings. The van der Waals surface area contributed by atoms with Crippen molar-refractivity contribution in [1.82, 2.24) is 10.2 Å². The molecule has 1 heterocycles. The molecule has 2 aliphatic rings. The van der Waals surface area contributed by atoms with Crippen LogP contribution < -0.4 is 11.1 Å². The normalized spacial score (nSPS) is 29.8. The molecule has 1 aliphatic carbocycles. The number of carbonyl (C=O) groups is 2. The van der Waals surface area contributed by atoms with Crippen LogP contribution >= 0.6 is 12.4 Å². The summed E-state index contributed by atoms with van der Waals surface area (Å²) in [4.78, 5) is 25.1. The molecule has 17 heavy (non-hydrogen) atoms. The fourth-order valence-corrected chi connectivity index (χ4v) is 2.68. The van der Waals surface area contributed by atoms with Crippen LogP contribution in [0.25, 0.3) is 0 Å². The Hall–Kier alpha value is -0.810. The van der Waals surface area contributed by atoms with Crippen molar-refractivity contribution in [2.24, 2.45) is 5.73 Å². The van der Waals surface area contributed by atoms with E-state index in [0.29, 0.717) is 0 Å². The first-order chi connectivity index (χ1) is 7.59. The molecule has 2 amide bonds. The maximum absolute atomic E-state index is 11.9. The summed E-state index contributed by atoms with van der Waals surface area (Å²) in [6, 6.07) is -0.226. The average molecular weight is 262 g/mol. The van der Waals surface area contributed by atoms with Gasteiger partial charge in [-0.05, 0) is 19.8 Å². The summed E-state index contributed by atoms with van der Waals surface area (Å²) in [5, 5.41) is 2.97. The summed E-state index contributed by atoms with van der Waals surface area (Å²) in [6.07, 6.45) is 4.20. The highest BCUT2D eigenvalue weighted by Gasteiger charge is 2.39. The molecule has 2 rings (SSSR count). The monoisotopic (exact) mass is 261 g/mol. The Kier molecular flexibility index (Phi) is 4.77. The molecule has 0 spiro atoms. The van der Waals surface area contributed by atoms with Crippen LogP contribution in [0.15, 0.2) is 0 Å². The second-order valence-corrected chi connectivity index (χ2v) is 4.78. The van der Waals surface area contributed by atoms with Crippen molar-refractivity contribution in [3.8, 4) is 0 Å². The summed E-state index contributed by atoms with van der Waals surface area (Å²) in [5.74, 6) is -0.163. The standard InChI is InChI=1S/C11H19N3O2.ClH/c1-7(12)11(16)14-6-10(15)13-8-4-2-3-5-9(8)14;/h7-9H,2-6,12H2,1H3,(H,13,15);1H/t7-,8?,9?;/m1./s1. The van der Waals surface area contributed by atoms with Crippen molar-refractivity contribution in [1.29, 1.82) is 0 Å². The van der Waals surface area contributed by atoms with Gasteiger partial charge in [0.2, 0.25) is 11.8 Å². The number of hydrogen-bond acceptors (Lipinski definition) is 3. The van der Waals surface area contributed by atoms with Gasteiger partial charge in [0.1, 0.15) is 0 Å². The minimum absolute atomic E-state index is 0. The first-order valence-electron chi connectivity index (χ1n) is 5.95. The molecule has 0 aromatic heterocycles. The van der Waals surface area contributed by atoms with Crippen molar-refractivity contribution < 1.29 is 9.59 Å². The predicted octanol–water partition coefficient (Wildman–Crippen LogP) is 0.0250. The highest BCUT2D eigenvalue weighted by molar-refractivity contribution is 5.89. The molecular formula is C11H20ClN3O2. The van der Waals surface area contributed by atoms with Crippen LogP contribution in [-0.2, 0) is 9.59 Å². The highest BCUT2D eigenvalue weighted by Crippen LogP contribution is 2.26. The van der Waals surface area contributed by atoms with E-state index in [-0.39, 0.29) is 42.8 Å². The zero-order valence-electron chi connectivity index (χ0n) is 10.0. The molecule has 1 saturated heterocycles. The summed E-state index contributed by atoms with van der Waals surface area (Å²) < 4.78 is 0. The Morgan fingerprint density at radius 2 is 2.12 bits per heavy atom. The van der Waals surface area contributed by atoms with E-state index < -0.39 is 6.04 Å². The molecule has 6 heteroatoms. The van der Waals surface area contributed by atoms with Gasteiger partial charge in [0.25, 0.3) is 0 Å². The molecule has 3 N–H and O–H groups in total. The van der Waals surface area contributed by atoms with Crippen LogP contribution in [0.4, 0.5) is 0 Å². The van der Waals surface area contributed by atoms with Crippen LogP contribution in [0.1, 0.15) is 32.6 Å². The number of carbonyl (C=O) groups excluding carboxylic acids is 2. The molecule has 0 bridgehead atoms. The lowest BCUT2D eigenvalue weighted by Crippen LogP contribution is -2.64. The number of piperazine rings is 1. The molecule has 0 aromatic carbocycles. The van der Waals surface area contributed by atoms with E-state index in [9.17, 15) is 9.59 Å². The first-order valence-corrected chi connectivity index (χ1v) is 5.95. The molecule has 1 saturated carbocycles. The van der Waals surface area contributed by atoms with E-state index in [1.807, 2.05) is 0 Å². The van der Waals surface area contributed by atoms with Crippen molar-refractivity contribution in [3.63, 3.8) is 0 Å². The van der Waals surface area contributed by atoms with Gasteiger partial charge in [-0.3, -0.25) is 9.59 Å². The molecule has 2 unspecified atom stereocenters. The molecule has 0 aromatic rings. The Bertz CT molecular complexity index is 309. The lowest BCUT2D eigenvalue weighted by molar-refractivity contribution is -0.145. The van der Waals surface area contributed by atoms with Gasteiger partial charge in [-0.2, -0.15) is 0 Å². The smallest absolute Gasteiger partial charge is 0.239 e. The van der Waals surface area contributed by atoms with Crippen LogP contribution in [0, 0.1) is 0 Å². The quantitative estimate of drug-likeness (QED) is 0.699. The highest BCUT2D eigenvalue weighted by atomic mass is 35.5. The lowest BCUT2D eigenvalue weighted by atomic mass is 9.87. The number of nitrogens with two attached hydrogens (primary N) is 1. The fourth-order valence-electron chi connectivity index (χ4n) is 2.68. The third-order valence-corrected chi connectivity index (χ3v) is 3.46. The topological polar surface area (TPSA) is 75.4 Å². The van der Waals surface area contributed by atoms with E-state index in [2.05, 4.69) is 5.32 Å². The van der Waals surface area contributed by atoms with Crippen molar-refractivity contribution in [2.45, 2.75) is 50.7 Å². The number of nitrogens with one attached hydrogen (secondary N) is 1. The van der Waals surface area contributed by atoms with E-state index in [4.69, 9.17) is 5.73 Å². The van der Waals surface area contributed by atoms with E-state index in [0.717, 1.165) is 25.7 Å². The van der Waals surface area contributed by atoms with Gasteiger partial charge in [0.15, 0.2) is 0 Å². The number of rotatable bonds is 1. The Morgan fingerprint density at radius 1 is 1.47 bits per heavy atom. The van der Waals surface area contributed by atoms with E-state index in [1.165, 1.54) is 0 Å².